The number of amides is 1. The molecule has 1 aliphatic rings. The van der Waals surface area contributed by atoms with E-state index in [1.54, 1.807) is 13.0 Å². The molecule has 1 aliphatic heterocycles. The first-order chi connectivity index (χ1) is 14.1. The number of carbonyl (C=O) groups excluding carboxylic acids is 3. The first kappa shape index (κ1) is 23.3. The molecule has 164 valence electrons. The molecule has 1 aromatic rings. The van der Waals surface area contributed by atoms with Crippen molar-refractivity contribution in [1.82, 2.24) is 5.32 Å². The Hall–Kier alpha value is -2.96. The van der Waals surface area contributed by atoms with Crippen molar-refractivity contribution >= 4 is 25.2 Å². The monoisotopic (exact) mass is 433 g/mol. The maximum absolute atomic E-state index is 12.2. The van der Waals surface area contributed by atoms with Crippen LogP contribution in [0, 0.1) is 0 Å². The van der Waals surface area contributed by atoms with E-state index in [2.05, 4.69) is 14.8 Å². The summed E-state index contributed by atoms with van der Waals surface area (Å²) in [5, 5.41) is 12.4. The molecule has 1 amide bonds. The lowest BCUT2D eigenvalue weighted by Crippen LogP contribution is -2.53. The number of nitrogens with one attached hydrogen (secondary N) is 1. The summed E-state index contributed by atoms with van der Waals surface area (Å²) in [5.41, 5.74) is 0.350. The van der Waals surface area contributed by atoms with Crippen LogP contribution in [0.4, 0.5) is 18.0 Å². The molecule has 0 aliphatic carbocycles. The van der Waals surface area contributed by atoms with E-state index < -0.39 is 56.9 Å². The summed E-state index contributed by atoms with van der Waals surface area (Å²) in [5.74, 6) is -2.81. The van der Waals surface area contributed by atoms with Crippen LogP contribution in [0.25, 0.3) is 0 Å². The predicted molar refractivity (Wildman–Crippen MR) is 94.4 cm³/mol. The summed E-state index contributed by atoms with van der Waals surface area (Å²) in [4.78, 5) is 35.0. The average molecular weight is 433 g/mol. The van der Waals surface area contributed by atoms with Crippen molar-refractivity contribution in [3.63, 3.8) is 0 Å². The second kappa shape index (κ2) is 10.2. The highest BCUT2D eigenvalue weighted by Crippen LogP contribution is 2.31. The van der Waals surface area contributed by atoms with Crippen LogP contribution in [0.5, 0.6) is 5.75 Å². The van der Waals surface area contributed by atoms with Crippen LogP contribution in [0.15, 0.2) is 18.2 Å². The van der Waals surface area contributed by atoms with Gasteiger partial charge < -0.3 is 29.2 Å². The molecule has 0 spiro atoms. The zero-order valence-electron chi connectivity index (χ0n) is 15.9. The second-order valence-electron chi connectivity index (χ2n) is 6.17. The third kappa shape index (κ3) is 6.83. The summed E-state index contributed by atoms with van der Waals surface area (Å²) in [6.07, 6.45) is -7.56. The van der Waals surface area contributed by atoms with Gasteiger partial charge in [-0.1, -0.05) is 12.1 Å². The number of fused-ring (bicyclic) bond motifs is 1. The summed E-state index contributed by atoms with van der Waals surface area (Å²) in [6.45, 7) is 0.943. The van der Waals surface area contributed by atoms with E-state index >= 15 is 0 Å². The molecule has 1 unspecified atom stereocenters. The van der Waals surface area contributed by atoms with E-state index in [-0.39, 0.29) is 24.3 Å². The first-order valence-corrected chi connectivity index (χ1v) is 8.90. The summed E-state index contributed by atoms with van der Waals surface area (Å²) in [7, 11) is -1.60. The van der Waals surface area contributed by atoms with Crippen molar-refractivity contribution in [3.05, 3.63) is 29.3 Å². The van der Waals surface area contributed by atoms with Crippen molar-refractivity contribution < 1.29 is 51.4 Å². The molecule has 0 aromatic heterocycles. The molecule has 0 bridgehead atoms. The lowest BCUT2D eigenvalue weighted by atomic mass is 9.72. The van der Waals surface area contributed by atoms with Gasteiger partial charge in [0.2, 0.25) is 12.7 Å². The van der Waals surface area contributed by atoms with E-state index in [9.17, 15) is 32.6 Å². The van der Waals surface area contributed by atoms with Gasteiger partial charge in [0.1, 0.15) is 11.3 Å². The zero-order chi connectivity index (χ0) is 22.3. The van der Waals surface area contributed by atoms with Crippen molar-refractivity contribution in [3.8, 4) is 5.75 Å². The molecule has 0 saturated heterocycles. The van der Waals surface area contributed by atoms with Gasteiger partial charge in [0, 0.05) is 6.42 Å². The number of halogens is 3. The Bertz CT molecular complexity index is 789. The van der Waals surface area contributed by atoms with Gasteiger partial charge in [-0.2, -0.15) is 13.2 Å². The fourth-order valence-corrected chi connectivity index (χ4v) is 2.61. The lowest BCUT2D eigenvalue weighted by Gasteiger charge is -2.29. The summed E-state index contributed by atoms with van der Waals surface area (Å²) < 4.78 is 55.8. The molecular weight excluding hydrogens is 414 g/mol. The Labute approximate surface area is 169 Å². The van der Waals surface area contributed by atoms with Gasteiger partial charge in [-0.25, -0.2) is 9.59 Å². The van der Waals surface area contributed by atoms with Crippen LogP contribution in [0.2, 0.25) is 0 Å². The molecule has 2 N–H and O–H groups in total. The number of hydrogen-bond acceptors (Lipinski definition) is 8. The Balaban J connectivity index is 1.99. The third-order valence-corrected chi connectivity index (χ3v) is 3.95. The number of ether oxygens (including phenoxy) is 3. The van der Waals surface area contributed by atoms with Crippen molar-refractivity contribution in [2.75, 3.05) is 13.4 Å². The molecule has 0 saturated carbocycles. The van der Waals surface area contributed by atoms with Gasteiger partial charge in [0.15, 0.2) is 0 Å². The number of alkyl halides is 3. The molecule has 1 heterocycles. The average Bonchev–Trinajstić information content (AvgIpc) is 2.66. The minimum atomic E-state index is -4.47. The van der Waals surface area contributed by atoms with Crippen LogP contribution in [0.3, 0.4) is 0 Å². The number of para-hydroxylation sites is 1. The number of esters is 1. The van der Waals surface area contributed by atoms with E-state index in [1.807, 2.05) is 0 Å². The van der Waals surface area contributed by atoms with Gasteiger partial charge in [0.05, 0.1) is 19.0 Å². The molecule has 1 aromatic carbocycles. The van der Waals surface area contributed by atoms with Crippen molar-refractivity contribution in [2.45, 2.75) is 38.3 Å². The van der Waals surface area contributed by atoms with Gasteiger partial charge in [-0.05, 0) is 25.0 Å². The van der Waals surface area contributed by atoms with E-state index in [0.29, 0.717) is 5.56 Å². The Morgan fingerprint density at radius 3 is 2.67 bits per heavy atom. The van der Waals surface area contributed by atoms with Gasteiger partial charge in [-0.15, -0.1) is 0 Å². The van der Waals surface area contributed by atoms with Crippen molar-refractivity contribution in [2.24, 2.45) is 0 Å². The smallest absolute Gasteiger partial charge is 0.534 e. The fourth-order valence-electron chi connectivity index (χ4n) is 2.61. The fraction of sp³-hybridized carbons (Fsp3) is 0.471. The normalized spacial score (nSPS) is 15.5. The highest BCUT2D eigenvalue weighted by molar-refractivity contribution is 6.47. The van der Waals surface area contributed by atoms with Crippen LogP contribution in [-0.2, 0) is 25.4 Å². The van der Waals surface area contributed by atoms with E-state index in [4.69, 9.17) is 9.39 Å². The Morgan fingerprint density at radius 1 is 1.27 bits per heavy atom. The SMILES string of the molecule is CCOC(=O)OCOC(=O)c1cccc2c1OB(O)C(NC(=O)CCC(F)(F)F)C2. The standard InChI is InChI=1S/C17H19BF3NO8/c1-2-27-16(25)29-9-28-15(24)11-5-3-4-10-8-12(18(26)30-14(10)11)22-13(23)6-7-17(19,20)21/h3-5,12,26H,2,6-9H2,1H3,(H,22,23). The number of hydrogen-bond donors (Lipinski definition) is 2. The topological polar surface area (TPSA) is 120 Å². The molecule has 2 rings (SSSR count). The van der Waals surface area contributed by atoms with Crippen LogP contribution < -0.4 is 9.97 Å². The third-order valence-electron chi connectivity index (χ3n) is 3.95. The van der Waals surface area contributed by atoms with Crippen LogP contribution in [-0.4, -0.2) is 55.7 Å². The van der Waals surface area contributed by atoms with Crippen LogP contribution in [0.1, 0.15) is 35.7 Å². The Morgan fingerprint density at radius 2 is 2.00 bits per heavy atom. The van der Waals surface area contributed by atoms with E-state index in [0.717, 1.165) is 0 Å². The molecule has 30 heavy (non-hydrogen) atoms. The van der Waals surface area contributed by atoms with Gasteiger partial charge in [-0.3, -0.25) is 4.79 Å². The number of carbonyl (C=O) groups is 3. The second-order valence-corrected chi connectivity index (χ2v) is 6.17. The van der Waals surface area contributed by atoms with Gasteiger partial charge >= 0.3 is 25.4 Å². The quantitative estimate of drug-likeness (QED) is 0.379. The lowest BCUT2D eigenvalue weighted by molar-refractivity contribution is -0.144. The first-order valence-electron chi connectivity index (χ1n) is 8.90. The summed E-state index contributed by atoms with van der Waals surface area (Å²) >= 11 is 0. The highest BCUT2D eigenvalue weighted by atomic mass is 19.4. The number of rotatable bonds is 7. The highest BCUT2D eigenvalue weighted by Gasteiger charge is 2.38. The maximum Gasteiger partial charge on any atom is 0.547 e. The van der Waals surface area contributed by atoms with Gasteiger partial charge in [0.25, 0.3) is 0 Å². The molecule has 9 nitrogen and oxygen atoms in total. The zero-order valence-corrected chi connectivity index (χ0v) is 15.9. The molecule has 13 heteroatoms. The maximum atomic E-state index is 12.2. The minimum absolute atomic E-state index is 0.00748. The summed E-state index contributed by atoms with van der Waals surface area (Å²) in [6, 6.07) is 4.40. The molecule has 1 atom stereocenters. The molecule has 0 radical (unpaired) electrons. The van der Waals surface area contributed by atoms with E-state index in [1.165, 1.54) is 12.1 Å². The largest absolute Gasteiger partial charge is 0.547 e. The minimum Gasteiger partial charge on any atom is -0.534 e. The Kier molecular flexibility index (Phi) is 7.92. The number of benzene rings is 1. The van der Waals surface area contributed by atoms with Crippen molar-refractivity contribution in [1.29, 1.82) is 0 Å². The molecule has 0 fully saturated rings. The molecular formula is C17H19BF3NO8. The van der Waals surface area contributed by atoms with Crippen LogP contribution >= 0.6 is 0 Å². The predicted octanol–water partition coefficient (Wildman–Crippen LogP) is 1.76.